The average molecular weight is 333 g/mol. The van der Waals surface area contributed by atoms with Gasteiger partial charge in [-0.1, -0.05) is 11.6 Å². The van der Waals surface area contributed by atoms with E-state index in [1.54, 1.807) is 12.0 Å². The molecule has 1 amide bonds. The Morgan fingerprint density at radius 3 is 2.62 bits per heavy atom. The van der Waals surface area contributed by atoms with Crippen LogP contribution in [0.2, 0.25) is 5.02 Å². The number of ether oxygens (including phenoxy) is 1. The van der Waals surface area contributed by atoms with E-state index in [-0.39, 0.29) is 27.4 Å². The SMILES string of the molecule is COCCN(C(=O)c1cc(Cl)cc(S(N)(=O)=O)c1)C1CC1. The Labute approximate surface area is 128 Å². The van der Waals surface area contributed by atoms with E-state index >= 15 is 0 Å². The van der Waals surface area contributed by atoms with Gasteiger partial charge in [-0.25, -0.2) is 13.6 Å². The predicted octanol–water partition coefficient (Wildman–Crippen LogP) is 1.24. The van der Waals surface area contributed by atoms with Gasteiger partial charge in [-0.3, -0.25) is 4.79 Å². The molecule has 0 radical (unpaired) electrons. The number of benzene rings is 1. The number of rotatable bonds is 6. The summed E-state index contributed by atoms with van der Waals surface area (Å²) in [6.45, 7) is 0.877. The van der Waals surface area contributed by atoms with E-state index < -0.39 is 10.0 Å². The number of amides is 1. The molecule has 0 aromatic heterocycles. The number of primary sulfonamides is 1. The number of halogens is 1. The van der Waals surface area contributed by atoms with Gasteiger partial charge in [0.05, 0.1) is 11.5 Å². The molecule has 0 aliphatic heterocycles. The van der Waals surface area contributed by atoms with Crippen LogP contribution in [0, 0.1) is 0 Å². The van der Waals surface area contributed by atoms with E-state index in [1.807, 2.05) is 0 Å². The second-order valence-corrected chi connectivity index (χ2v) is 6.94. The van der Waals surface area contributed by atoms with Crippen LogP contribution in [-0.2, 0) is 14.8 Å². The highest BCUT2D eigenvalue weighted by Gasteiger charge is 2.33. The van der Waals surface area contributed by atoms with Crippen molar-refractivity contribution >= 4 is 27.5 Å². The fourth-order valence-electron chi connectivity index (χ4n) is 2.04. The van der Waals surface area contributed by atoms with Crippen LogP contribution in [0.4, 0.5) is 0 Å². The fourth-order valence-corrected chi connectivity index (χ4v) is 2.92. The van der Waals surface area contributed by atoms with Crippen molar-refractivity contribution in [3.8, 4) is 0 Å². The smallest absolute Gasteiger partial charge is 0.254 e. The Hall–Kier alpha value is -1.15. The van der Waals surface area contributed by atoms with E-state index in [4.69, 9.17) is 21.5 Å². The Bertz CT molecular complexity index is 644. The van der Waals surface area contributed by atoms with Crippen LogP contribution in [0.5, 0.6) is 0 Å². The summed E-state index contributed by atoms with van der Waals surface area (Å²) >= 11 is 5.89. The molecule has 6 nitrogen and oxygen atoms in total. The van der Waals surface area contributed by atoms with Gasteiger partial charge in [-0.15, -0.1) is 0 Å². The molecule has 2 rings (SSSR count). The van der Waals surface area contributed by atoms with E-state index in [1.165, 1.54) is 18.2 Å². The molecule has 1 fully saturated rings. The summed E-state index contributed by atoms with van der Waals surface area (Å²) in [4.78, 5) is 14.1. The summed E-state index contributed by atoms with van der Waals surface area (Å²) in [7, 11) is -2.34. The molecular formula is C13H17ClN2O4S. The third-order valence-electron chi connectivity index (χ3n) is 3.23. The van der Waals surface area contributed by atoms with Gasteiger partial charge in [0.1, 0.15) is 0 Å². The molecule has 8 heteroatoms. The van der Waals surface area contributed by atoms with Gasteiger partial charge >= 0.3 is 0 Å². The number of carbonyl (C=O) groups excluding carboxylic acids is 1. The molecule has 1 aromatic rings. The van der Waals surface area contributed by atoms with Crippen LogP contribution in [0.3, 0.4) is 0 Å². The van der Waals surface area contributed by atoms with Crippen molar-refractivity contribution in [2.45, 2.75) is 23.8 Å². The van der Waals surface area contributed by atoms with Gasteiger partial charge in [0.2, 0.25) is 10.0 Å². The fraction of sp³-hybridized carbons (Fsp3) is 0.462. The quantitative estimate of drug-likeness (QED) is 0.848. The molecule has 1 aliphatic rings. The molecule has 1 aliphatic carbocycles. The third-order valence-corrected chi connectivity index (χ3v) is 4.34. The highest BCUT2D eigenvalue weighted by Crippen LogP contribution is 2.29. The van der Waals surface area contributed by atoms with Crippen LogP contribution in [0.1, 0.15) is 23.2 Å². The predicted molar refractivity (Wildman–Crippen MR) is 78.8 cm³/mol. The first kappa shape index (κ1) is 16.2. The monoisotopic (exact) mass is 332 g/mol. The summed E-state index contributed by atoms with van der Waals surface area (Å²) in [6.07, 6.45) is 1.89. The first-order chi connectivity index (χ1) is 9.82. The highest BCUT2D eigenvalue weighted by atomic mass is 35.5. The van der Waals surface area contributed by atoms with Gasteiger partial charge in [0.25, 0.3) is 5.91 Å². The van der Waals surface area contributed by atoms with Crippen LogP contribution in [0.15, 0.2) is 23.1 Å². The molecule has 2 N–H and O–H groups in total. The summed E-state index contributed by atoms with van der Waals surface area (Å²) in [5, 5.41) is 5.25. The highest BCUT2D eigenvalue weighted by molar-refractivity contribution is 7.89. The van der Waals surface area contributed by atoms with Gasteiger partial charge in [-0.05, 0) is 31.0 Å². The van der Waals surface area contributed by atoms with Crippen LogP contribution < -0.4 is 5.14 Å². The van der Waals surface area contributed by atoms with Gasteiger partial charge in [0, 0.05) is 30.3 Å². The Morgan fingerprint density at radius 1 is 1.43 bits per heavy atom. The number of hydrogen-bond acceptors (Lipinski definition) is 4. The minimum atomic E-state index is -3.91. The zero-order chi connectivity index (χ0) is 15.6. The van der Waals surface area contributed by atoms with Crippen molar-refractivity contribution in [1.82, 2.24) is 4.90 Å². The van der Waals surface area contributed by atoms with Crippen LogP contribution in [0.25, 0.3) is 0 Å². The molecular weight excluding hydrogens is 316 g/mol. The number of sulfonamides is 1. The maximum absolute atomic E-state index is 12.5. The minimum Gasteiger partial charge on any atom is -0.383 e. The largest absolute Gasteiger partial charge is 0.383 e. The van der Waals surface area contributed by atoms with Crippen molar-refractivity contribution < 1.29 is 17.9 Å². The number of nitrogens with zero attached hydrogens (tertiary/aromatic N) is 1. The second-order valence-electron chi connectivity index (χ2n) is 4.94. The number of methoxy groups -OCH3 is 1. The summed E-state index contributed by atoms with van der Waals surface area (Å²) < 4.78 is 27.8. The first-order valence-corrected chi connectivity index (χ1v) is 8.38. The topological polar surface area (TPSA) is 89.7 Å². The van der Waals surface area contributed by atoms with Crippen LogP contribution >= 0.6 is 11.6 Å². The standard InChI is InChI=1S/C13H17ClN2O4S/c1-20-5-4-16(11-2-3-11)13(17)9-6-10(14)8-12(7-9)21(15,18)19/h6-8,11H,2-5H2,1H3,(H2,15,18,19). The zero-order valence-corrected chi connectivity index (χ0v) is 13.2. The van der Waals surface area contributed by atoms with Crippen molar-refractivity contribution in [3.05, 3.63) is 28.8 Å². The Morgan fingerprint density at radius 2 is 2.10 bits per heavy atom. The lowest BCUT2D eigenvalue weighted by molar-refractivity contribution is 0.0680. The van der Waals surface area contributed by atoms with E-state index in [9.17, 15) is 13.2 Å². The summed E-state index contributed by atoms with van der Waals surface area (Å²) in [6, 6.07) is 4.11. The molecule has 0 heterocycles. The lowest BCUT2D eigenvalue weighted by atomic mass is 10.2. The molecule has 0 atom stereocenters. The first-order valence-electron chi connectivity index (χ1n) is 6.46. The van der Waals surface area contributed by atoms with Crippen molar-refractivity contribution in [2.75, 3.05) is 20.3 Å². The minimum absolute atomic E-state index is 0.160. The normalized spacial score (nSPS) is 15.0. The molecule has 0 unspecified atom stereocenters. The summed E-state index contributed by atoms with van der Waals surface area (Å²) in [5.41, 5.74) is 0.217. The van der Waals surface area contributed by atoms with Crippen molar-refractivity contribution in [2.24, 2.45) is 5.14 Å². The molecule has 0 saturated heterocycles. The van der Waals surface area contributed by atoms with E-state index in [0.717, 1.165) is 12.8 Å². The zero-order valence-electron chi connectivity index (χ0n) is 11.6. The molecule has 21 heavy (non-hydrogen) atoms. The van der Waals surface area contributed by atoms with E-state index in [0.29, 0.717) is 13.2 Å². The molecule has 1 aromatic carbocycles. The molecule has 116 valence electrons. The molecule has 1 saturated carbocycles. The number of nitrogens with two attached hydrogens (primary N) is 1. The summed E-state index contributed by atoms with van der Waals surface area (Å²) in [5.74, 6) is -0.262. The van der Waals surface area contributed by atoms with Gasteiger partial charge in [0.15, 0.2) is 0 Å². The Kier molecular flexibility index (Phi) is 4.88. The maximum Gasteiger partial charge on any atom is 0.254 e. The van der Waals surface area contributed by atoms with Crippen molar-refractivity contribution in [3.63, 3.8) is 0 Å². The maximum atomic E-state index is 12.5. The third kappa shape index (κ3) is 4.16. The van der Waals surface area contributed by atoms with Gasteiger partial charge < -0.3 is 9.64 Å². The number of hydrogen-bond donors (Lipinski definition) is 1. The van der Waals surface area contributed by atoms with Crippen LogP contribution in [-0.4, -0.2) is 45.5 Å². The number of carbonyl (C=O) groups is 1. The lowest BCUT2D eigenvalue weighted by Crippen LogP contribution is -2.36. The van der Waals surface area contributed by atoms with E-state index in [2.05, 4.69) is 0 Å². The lowest BCUT2D eigenvalue weighted by Gasteiger charge is -2.22. The van der Waals surface area contributed by atoms with Gasteiger partial charge in [-0.2, -0.15) is 0 Å². The second kappa shape index (κ2) is 6.31. The van der Waals surface area contributed by atoms with Crippen molar-refractivity contribution in [1.29, 1.82) is 0 Å². The Balaban J connectivity index is 2.31. The molecule has 0 bridgehead atoms. The average Bonchev–Trinajstić information content (AvgIpc) is 3.22. The molecule has 0 spiro atoms.